The average Bonchev–Trinajstić information content (AvgIpc) is 3.06. The first-order valence-electron chi connectivity index (χ1n) is 6.75. The zero-order valence-electron chi connectivity index (χ0n) is 11.6. The second-order valence-corrected chi connectivity index (χ2v) is 6.08. The Morgan fingerprint density at radius 2 is 1.91 bits per heavy atom. The molecular formula is C17H13ClN2OS. The van der Waals surface area contributed by atoms with Gasteiger partial charge in [0, 0.05) is 11.1 Å². The van der Waals surface area contributed by atoms with E-state index in [0.29, 0.717) is 22.9 Å². The van der Waals surface area contributed by atoms with Gasteiger partial charge in [0.2, 0.25) is 0 Å². The summed E-state index contributed by atoms with van der Waals surface area (Å²) < 4.78 is 0. The van der Waals surface area contributed by atoms with Crippen LogP contribution in [0.2, 0.25) is 5.02 Å². The summed E-state index contributed by atoms with van der Waals surface area (Å²) in [6.07, 6.45) is 1.68. The highest BCUT2D eigenvalue weighted by Gasteiger charge is 2.21. The fourth-order valence-corrected chi connectivity index (χ4v) is 3.02. The van der Waals surface area contributed by atoms with Crippen LogP contribution < -0.4 is 4.90 Å². The molecule has 2 heterocycles. The van der Waals surface area contributed by atoms with Crippen LogP contribution in [0.5, 0.6) is 0 Å². The lowest BCUT2D eigenvalue weighted by Crippen LogP contribution is -2.31. The van der Waals surface area contributed by atoms with E-state index in [4.69, 9.17) is 11.6 Å². The molecule has 1 amide bonds. The molecule has 110 valence electrons. The Hall–Kier alpha value is -2.17. The first-order valence-corrected chi connectivity index (χ1v) is 8.01. The smallest absolute Gasteiger partial charge is 0.261 e. The summed E-state index contributed by atoms with van der Waals surface area (Å²) in [7, 11) is 0. The summed E-state index contributed by atoms with van der Waals surface area (Å²) in [6.45, 7) is 0.471. The Labute approximate surface area is 137 Å². The second-order valence-electron chi connectivity index (χ2n) is 4.64. The largest absolute Gasteiger partial charge is 0.287 e. The molecule has 0 saturated carbocycles. The molecule has 0 aliphatic rings. The van der Waals surface area contributed by atoms with Gasteiger partial charge in [0.15, 0.2) is 0 Å². The van der Waals surface area contributed by atoms with E-state index in [1.807, 2.05) is 41.8 Å². The van der Waals surface area contributed by atoms with Gasteiger partial charge >= 0.3 is 0 Å². The third-order valence-corrected chi connectivity index (χ3v) is 4.36. The van der Waals surface area contributed by atoms with Gasteiger partial charge in [0.25, 0.3) is 5.91 Å². The van der Waals surface area contributed by atoms with Crippen LogP contribution in [0.25, 0.3) is 0 Å². The van der Waals surface area contributed by atoms with Crippen molar-refractivity contribution in [2.75, 3.05) is 4.90 Å². The molecule has 3 rings (SSSR count). The maximum absolute atomic E-state index is 12.9. The molecule has 22 heavy (non-hydrogen) atoms. The molecule has 2 aromatic heterocycles. The predicted molar refractivity (Wildman–Crippen MR) is 90.5 cm³/mol. The van der Waals surface area contributed by atoms with Crippen LogP contribution in [-0.2, 0) is 6.54 Å². The van der Waals surface area contributed by atoms with Gasteiger partial charge in [-0.05, 0) is 35.7 Å². The van der Waals surface area contributed by atoms with Gasteiger partial charge in [0.1, 0.15) is 5.82 Å². The highest BCUT2D eigenvalue weighted by molar-refractivity contribution is 7.09. The number of halogens is 1. The van der Waals surface area contributed by atoms with Gasteiger partial charge in [-0.15, -0.1) is 11.3 Å². The molecule has 0 unspecified atom stereocenters. The number of anilines is 1. The van der Waals surface area contributed by atoms with Crippen LogP contribution in [0.4, 0.5) is 5.82 Å². The molecule has 0 radical (unpaired) electrons. The van der Waals surface area contributed by atoms with Crippen molar-refractivity contribution in [2.24, 2.45) is 0 Å². The highest BCUT2D eigenvalue weighted by atomic mass is 35.5. The number of carbonyl (C=O) groups excluding carboxylic acids is 1. The van der Waals surface area contributed by atoms with E-state index in [2.05, 4.69) is 4.98 Å². The van der Waals surface area contributed by atoms with Crippen LogP contribution in [-0.4, -0.2) is 10.9 Å². The molecule has 0 spiro atoms. The minimum Gasteiger partial charge on any atom is -0.287 e. The molecule has 3 aromatic rings. The van der Waals surface area contributed by atoms with Crippen LogP contribution >= 0.6 is 22.9 Å². The van der Waals surface area contributed by atoms with Crippen molar-refractivity contribution < 1.29 is 4.79 Å². The molecule has 0 saturated heterocycles. The number of hydrogen-bond acceptors (Lipinski definition) is 3. The summed E-state index contributed by atoms with van der Waals surface area (Å²) >= 11 is 7.78. The number of amides is 1. The molecule has 0 bridgehead atoms. The van der Waals surface area contributed by atoms with Gasteiger partial charge in [-0.1, -0.05) is 35.9 Å². The third-order valence-electron chi connectivity index (χ3n) is 3.17. The van der Waals surface area contributed by atoms with Crippen molar-refractivity contribution in [3.8, 4) is 0 Å². The number of carbonyl (C=O) groups is 1. The number of rotatable bonds is 4. The van der Waals surface area contributed by atoms with E-state index < -0.39 is 0 Å². The van der Waals surface area contributed by atoms with Gasteiger partial charge in [-0.3, -0.25) is 9.69 Å². The monoisotopic (exact) mass is 328 g/mol. The summed E-state index contributed by atoms with van der Waals surface area (Å²) in [6, 6.07) is 16.5. The minimum absolute atomic E-state index is 0.155. The lowest BCUT2D eigenvalue weighted by molar-refractivity contribution is 0.0984. The number of aromatic nitrogens is 1. The minimum atomic E-state index is -0.155. The van der Waals surface area contributed by atoms with Gasteiger partial charge < -0.3 is 0 Å². The standard InChI is InChI=1S/C17H13ClN2OS/c18-15-8-2-1-7-14(15)17(21)20(12-13-6-5-11-22-13)16-9-3-4-10-19-16/h1-11H,12H2. The van der Waals surface area contributed by atoms with Crippen LogP contribution in [0.15, 0.2) is 66.2 Å². The molecule has 1 aromatic carbocycles. The lowest BCUT2D eigenvalue weighted by Gasteiger charge is -2.21. The van der Waals surface area contributed by atoms with Crippen molar-refractivity contribution in [3.63, 3.8) is 0 Å². The highest BCUT2D eigenvalue weighted by Crippen LogP contribution is 2.23. The molecule has 0 aliphatic heterocycles. The molecular weight excluding hydrogens is 316 g/mol. The molecule has 0 aliphatic carbocycles. The van der Waals surface area contributed by atoms with Crippen molar-refractivity contribution in [2.45, 2.75) is 6.54 Å². The number of nitrogens with zero attached hydrogens (tertiary/aromatic N) is 2. The SMILES string of the molecule is O=C(c1ccccc1Cl)N(Cc1cccs1)c1ccccn1. The Bertz CT molecular complexity index is 759. The molecule has 3 nitrogen and oxygen atoms in total. The number of thiophene rings is 1. The first kappa shape index (κ1) is 14.8. The Balaban J connectivity index is 1.98. The van der Waals surface area contributed by atoms with E-state index in [1.165, 1.54) is 0 Å². The number of hydrogen-bond donors (Lipinski definition) is 0. The molecule has 0 fully saturated rings. The molecule has 5 heteroatoms. The van der Waals surface area contributed by atoms with E-state index >= 15 is 0 Å². The summed E-state index contributed by atoms with van der Waals surface area (Å²) in [5, 5.41) is 2.44. The van der Waals surface area contributed by atoms with Crippen LogP contribution in [0, 0.1) is 0 Å². The zero-order chi connectivity index (χ0) is 15.4. The second kappa shape index (κ2) is 6.73. The Morgan fingerprint density at radius 3 is 2.59 bits per heavy atom. The maximum atomic E-state index is 12.9. The van der Waals surface area contributed by atoms with Crippen molar-refractivity contribution in [3.05, 3.63) is 81.6 Å². The normalized spacial score (nSPS) is 10.4. The number of benzene rings is 1. The van der Waals surface area contributed by atoms with Gasteiger partial charge in [0.05, 0.1) is 17.1 Å². The van der Waals surface area contributed by atoms with Crippen molar-refractivity contribution in [1.82, 2.24) is 4.98 Å². The van der Waals surface area contributed by atoms with E-state index in [1.54, 1.807) is 40.6 Å². The maximum Gasteiger partial charge on any atom is 0.261 e. The molecule has 0 N–H and O–H groups in total. The fourth-order valence-electron chi connectivity index (χ4n) is 2.11. The topological polar surface area (TPSA) is 33.2 Å². The van der Waals surface area contributed by atoms with E-state index in [0.717, 1.165) is 4.88 Å². The lowest BCUT2D eigenvalue weighted by atomic mass is 10.2. The van der Waals surface area contributed by atoms with E-state index in [9.17, 15) is 4.79 Å². The summed E-state index contributed by atoms with van der Waals surface area (Å²) in [5.41, 5.74) is 0.478. The van der Waals surface area contributed by atoms with Crippen LogP contribution in [0.3, 0.4) is 0 Å². The summed E-state index contributed by atoms with van der Waals surface area (Å²) in [5.74, 6) is 0.457. The predicted octanol–water partition coefficient (Wildman–Crippen LogP) is 4.64. The van der Waals surface area contributed by atoms with Crippen molar-refractivity contribution in [1.29, 1.82) is 0 Å². The van der Waals surface area contributed by atoms with Gasteiger partial charge in [-0.2, -0.15) is 0 Å². The van der Waals surface area contributed by atoms with E-state index in [-0.39, 0.29) is 5.91 Å². The van der Waals surface area contributed by atoms with Gasteiger partial charge in [-0.25, -0.2) is 4.98 Å². The summed E-state index contributed by atoms with van der Waals surface area (Å²) in [4.78, 5) is 19.9. The third kappa shape index (κ3) is 3.18. The Kier molecular flexibility index (Phi) is 4.51. The van der Waals surface area contributed by atoms with Crippen LogP contribution in [0.1, 0.15) is 15.2 Å². The zero-order valence-corrected chi connectivity index (χ0v) is 13.2. The van der Waals surface area contributed by atoms with Crippen molar-refractivity contribution >= 4 is 34.7 Å². The quantitative estimate of drug-likeness (QED) is 0.698. The number of pyridine rings is 1. The first-order chi connectivity index (χ1) is 10.8. The average molecular weight is 329 g/mol. The fraction of sp³-hybridized carbons (Fsp3) is 0.0588. The molecule has 0 atom stereocenters. The Morgan fingerprint density at radius 1 is 1.09 bits per heavy atom.